The maximum Gasteiger partial charge on any atom is 0.166 e. The van der Waals surface area contributed by atoms with Crippen LogP contribution in [0.5, 0.6) is 0 Å². The van der Waals surface area contributed by atoms with Crippen LogP contribution in [0.4, 0.5) is 0 Å². The molecule has 3 rings (SSSR count). The summed E-state index contributed by atoms with van der Waals surface area (Å²) in [5.41, 5.74) is 3.49. The number of thioether (sulfide) groups is 1. The van der Waals surface area contributed by atoms with E-state index in [1.807, 2.05) is 11.8 Å². The molecular weight excluding hydrogens is 278 g/mol. The third-order valence-electron chi connectivity index (χ3n) is 4.41. The van der Waals surface area contributed by atoms with Gasteiger partial charge in [0.2, 0.25) is 0 Å². The van der Waals surface area contributed by atoms with Gasteiger partial charge in [0.25, 0.3) is 0 Å². The molecule has 1 aromatic carbocycles. The van der Waals surface area contributed by atoms with Gasteiger partial charge in [-0.2, -0.15) is 0 Å². The van der Waals surface area contributed by atoms with Gasteiger partial charge in [0.1, 0.15) is 0 Å². The molecule has 0 unspecified atom stereocenters. The molecule has 3 nitrogen and oxygen atoms in total. The zero-order valence-electron chi connectivity index (χ0n) is 13.0. The topological polar surface area (TPSA) is 40.7 Å². The highest BCUT2D eigenvalue weighted by molar-refractivity contribution is 7.99. The second kappa shape index (κ2) is 6.84. The molecule has 0 spiro atoms. The van der Waals surface area contributed by atoms with E-state index in [2.05, 4.69) is 47.3 Å². The number of nitrogens with one attached hydrogen (secondary N) is 2. The van der Waals surface area contributed by atoms with Gasteiger partial charge in [0, 0.05) is 18.3 Å². The van der Waals surface area contributed by atoms with E-state index in [-0.39, 0.29) is 0 Å². The minimum absolute atomic E-state index is 0.736. The predicted octanol–water partition coefficient (Wildman–Crippen LogP) is 4.13. The number of aromatic amines is 1. The summed E-state index contributed by atoms with van der Waals surface area (Å²) in [6.07, 6.45) is 5.45. The molecule has 2 aromatic rings. The minimum Gasteiger partial charge on any atom is -0.333 e. The summed E-state index contributed by atoms with van der Waals surface area (Å²) in [6, 6.07) is 7.10. The fraction of sp³-hybridized carbons (Fsp3) is 0.588. The van der Waals surface area contributed by atoms with Crippen LogP contribution in [-0.2, 0) is 0 Å². The van der Waals surface area contributed by atoms with Crippen molar-refractivity contribution in [3.8, 4) is 0 Å². The van der Waals surface area contributed by atoms with Crippen LogP contribution in [0.25, 0.3) is 11.0 Å². The quantitative estimate of drug-likeness (QED) is 0.644. The number of hydrogen-bond donors (Lipinski definition) is 2. The highest BCUT2D eigenvalue weighted by Gasteiger charge is 2.17. The molecule has 4 heteroatoms. The summed E-state index contributed by atoms with van der Waals surface area (Å²) < 4.78 is 0. The molecule has 0 bridgehead atoms. The highest BCUT2D eigenvalue weighted by Crippen LogP contribution is 2.24. The Morgan fingerprint density at radius 3 is 2.90 bits per heavy atom. The number of nitrogens with zero attached hydrogens (tertiary/aromatic N) is 1. The lowest BCUT2D eigenvalue weighted by atomic mass is 9.87. The maximum atomic E-state index is 4.63. The second-order valence-corrected chi connectivity index (χ2v) is 7.41. The van der Waals surface area contributed by atoms with E-state index < -0.39 is 0 Å². The summed E-state index contributed by atoms with van der Waals surface area (Å²) in [7, 11) is 0. The Bertz CT molecular complexity index is 585. The van der Waals surface area contributed by atoms with Crippen LogP contribution in [0.1, 0.15) is 38.2 Å². The van der Waals surface area contributed by atoms with Gasteiger partial charge in [0.05, 0.1) is 11.0 Å². The van der Waals surface area contributed by atoms with Crippen molar-refractivity contribution in [2.75, 3.05) is 12.3 Å². The van der Waals surface area contributed by atoms with Crippen molar-refractivity contribution >= 4 is 22.8 Å². The summed E-state index contributed by atoms with van der Waals surface area (Å²) in [5.74, 6) is 2.00. The summed E-state index contributed by atoms with van der Waals surface area (Å²) in [4.78, 5) is 8.03. The Hall–Kier alpha value is -1.00. The normalized spacial score (nSPS) is 22.8. The summed E-state index contributed by atoms with van der Waals surface area (Å²) >= 11 is 1.81. The standard InChI is InChI=1S/C17H25N3S/c1-12-3-6-14(7-4-12)18-9-10-21-17-19-15-8-5-13(2)11-16(15)20-17/h5,8,11-12,14,18H,3-4,6-7,9-10H2,1-2H3,(H,19,20). The molecule has 0 radical (unpaired) electrons. The van der Waals surface area contributed by atoms with Gasteiger partial charge in [-0.05, 0) is 56.2 Å². The molecule has 114 valence electrons. The fourth-order valence-electron chi connectivity index (χ4n) is 3.04. The third kappa shape index (κ3) is 4.01. The zero-order chi connectivity index (χ0) is 14.7. The lowest BCUT2D eigenvalue weighted by Crippen LogP contribution is -2.34. The molecule has 0 amide bonds. The van der Waals surface area contributed by atoms with E-state index in [1.165, 1.54) is 31.2 Å². The predicted molar refractivity (Wildman–Crippen MR) is 91.0 cm³/mol. The average Bonchev–Trinajstić information content (AvgIpc) is 2.87. The number of H-pyrrole nitrogens is 1. The molecule has 0 aliphatic heterocycles. The van der Waals surface area contributed by atoms with E-state index in [4.69, 9.17) is 0 Å². The lowest BCUT2D eigenvalue weighted by Gasteiger charge is -2.26. The Labute approximate surface area is 131 Å². The Balaban J connectivity index is 1.44. The van der Waals surface area contributed by atoms with Gasteiger partial charge in [-0.15, -0.1) is 0 Å². The number of fused-ring (bicyclic) bond motifs is 1. The largest absolute Gasteiger partial charge is 0.333 e. The molecule has 1 saturated carbocycles. The van der Waals surface area contributed by atoms with E-state index >= 15 is 0 Å². The second-order valence-electron chi connectivity index (χ2n) is 6.32. The van der Waals surface area contributed by atoms with E-state index in [9.17, 15) is 0 Å². The van der Waals surface area contributed by atoms with Gasteiger partial charge in [-0.25, -0.2) is 4.98 Å². The average molecular weight is 303 g/mol. The molecule has 0 saturated heterocycles. The van der Waals surface area contributed by atoms with Crippen LogP contribution >= 0.6 is 11.8 Å². The molecule has 21 heavy (non-hydrogen) atoms. The molecule has 1 fully saturated rings. The van der Waals surface area contributed by atoms with Crippen molar-refractivity contribution < 1.29 is 0 Å². The molecule has 1 aliphatic carbocycles. The van der Waals surface area contributed by atoms with Crippen LogP contribution in [0.3, 0.4) is 0 Å². The van der Waals surface area contributed by atoms with Gasteiger partial charge in [-0.3, -0.25) is 0 Å². The Kier molecular flexibility index (Phi) is 4.86. The highest BCUT2D eigenvalue weighted by atomic mass is 32.2. The molecule has 1 aromatic heterocycles. The van der Waals surface area contributed by atoms with Crippen molar-refractivity contribution in [3.63, 3.8) is 0 Å². The van der Waals surface area contributed by atoms with Gasteiger partial charge >= 0.3 is 0 Å². The number of rotatable bonds is 5. The van der Waals surface area contributed by atoms with Crippen LogP contribution < -0.4 is 5.32 Å². The van der Waals surface area contributed by atoms with Crippen molar-refractivity contribution in [1.82, 2.24) is 15.3 Å². The molecule has 1 aliphatic rings. The first-order valence-electron chi connectivity index (χ1n) is 8.03. The first kappa shape index (κ1) is 14.9. The van der Waals surface area contributed by atoms with Crippen molar-refractivity contribution in [1.29, 1.82) is 0 Å². The SMILES string of the molecule is Cc1ccc2nc(SCCNC3CCC(C)CC3)[nH]c2c1. The molecule has 1 heterocycles. The zero-order valence-corrected chi connectivity index (χ0v) is 13.8. The van der Waals surface area contributed by atoms with Crippen LogP contribution in [0.15, 0.2) is 23.4 Å². The first-order chi connectivity index (χ1) is 10.2. The molecular formula is C17H25N3S. The lowest BCUT2D eigenvalue weighted by molar-refractivity contribution is 0.312. The molecule has 0 atom stereocenters. The smallest absolute Gasteiger partial charge is 0.166 e. The van der Waals surface area contributed by atoms with E-state index in [1.54, 1.807) is 0 Å². The number of benzene rings is 1. The monoisotopic (exact) mass is 303 g/mol. The van der Waals surface area contributed by atoms with E-state index in [0.717, 1.165) is 40.4 Å². The summed E-state index contributed by atoms with van der Waals surface area (Å²) in [6.45, 7) is 5.55. The van der Waals surface area contributed by atoms with Gasteiger partial charge in [0.15, 0.2) is 5.16 Å². The summed E-state index contributed by atoms with van der Waals surface area (Å²) in [5, 5.41) is 4.73. The van der Waals surface area contributed by atoms with Crippen molar-refractivity contribution in [2.45, 2.75) is 50.7 Å². The minimum atomic E-state index is 0.736. The van der Waals surface area contributed by atoms with Gasteiger partial charge in [-0.1, -0.05) is 24.8 Å². The number of imidazole rings is 1. The van der Waals surface area contributed by atoms with Crippen LogP contribution in [-0.4, -0.2) is 28.3 Å². The third-order valence-corrected chi connectivity index (χ3v) is 5.28. The van der Waals surface area contributed by atoms with Crippen molar-refractivity contribution in [2.24, 2.45) is 5.92 Å². The maximum absolute atomic E-state index is 4.63. The fourth-order valence-corrected chi connectivity index (χ4v) is 3.80. The Morgan fingerprint density at radius 1 is 1.29 bits per heavy atom. The number of aromatic nitrogens is 2. The van der Waals surface area contributed by atoms with Gasteiger partial charge < -0.3 is 10.3 Å². The van der Waals surface area contributed by atoms with E-state index in [0.29, 0.717) is 0 Å². The first-order valence-corrected chi connectivity index (χ1v) is 9.02. The molecule has 2 N–H and O–H groups in total. The Morgan fingerprint density at radius 2 is 2.10 bits per heavy atom. The van der Waals surface area contributed by atoms with Crippen LogP contribution in [0.2, 0.25) is 0 Å². The number of hydrogen-bond acceptors (Lipinski definition) is 3. The van der Waals surface area contributed by atoms with Crippen LogP contribution in [0, 0.1) is 12.8 Å². The number of aryl methyl sites for hydroxylation is 1. The van der Waals surface area contributed by atoms with Crippen molar-refractivity contribution in [3.05, 3.63) is 23.8 Å².